The van der Waals surface area contributed by atoms with Crippen LogP contribution in [0.1, 0.15) is 24.1 Å². The third kappa shape index (κ3) is 4.81. The lowest BCUT2D eigenvalue weighted by Crippen LogP contribution is -2.30. The van der Waals surface area contributed by atoms with Gasteiger partial charge in [0, 0.05) is 11.7 Å². The molecule has 4 nitrogen and oxygen atoms in total. The molecule has 23 heavy (non-hydrogen) atoms. The number of methoxy groups -OCH3 is 1. The van der Waals surface area contributed by atoms with Gasteiger partial charge >= 0.3 is 0 Å². The van der Waals surface area contributed by atoms with Crippen LogP contribution in [0.5, 0.6) is 5.75 Å². The molecular weight excluding hydrogens is 356 g/mol. The zero-order valence-corrected chi connectivity index (χ0v) is 15.1. The quantitative estimate of drug-likeness (QED) is 0.799. The van der Waals surface area contributed by atoms with E-state index in [-0.39, 0.29) is 18.5 Å². The molecule has 2 rings (SSSR count). The average molecular weight is 377 g/mol. The standard InChI is InChI=1S/C18H21BrN2O2/c1-12-6-4-5-7-16(12)21-18(22)11-20-13(2)14-8-9-17(23-3)15(19)10-14/h4-10,13,20H,11H2,1-3H3,(H,21,22)/t13-/m0/s1. The monoisotopic (exact) mass is 376 g/mol. The third-order valence-corrected chi connectivity index (χ3v) is 4.28. The summed E-state index contributed by atoms with van der Waals surface area (Å²) in [6.07, 6.45) is 0. The van der Waals surface area contributed by atoms with Gasteiger partial charge in [-0.3, -0.25) is 4.79 Å². The molecule has 0 aromatic heterocycles. The molecule has 0 heterocycles. The molecule has 2 aromatic carbocycles. The van der Waals surface area contributed by atoms with Crippen LogP contribution in [-0.2, 0) is 4.79 Å². The normalized spacial score (nSPS) is 11.8. The van der Waals surface area contributed by atoms with Crippen LogP contribution < -0.4 is 15.4 Å². The Morgan fingerprint density at radius 1 is 1.26 bits per heavy atom. The van der Waals surface area contributed by atoms with Crippen molar-refractivity contribution in [1.29, 1.82) is 0 Å². The van der Waals surface area contributed by atoms with Gasteiger partial charge in [0.25, 0.3) is 0 Å². The predicted octanol–water partition coefficient (Wildman–Crippen LogP) is 4.06. The summed E-state index contributed by atoms with van der Waals surface area (Å²) >= 11 is 3.48. The molecule has 1 atom stereocenters. The highest BCUT2D eigenvalue weighted by Gasteiger charge is 2.10. The molecular formula is C18H21BrN2O2. The molecule has 0 saturated heterocycles. The number of carbonyl (C=O) groups is 1. The van der Waals surface area contributed by atoms with Gasteiger partial charge in [-0.1, -0.05) is 24.3 Å². The van der Waals surface area contributed by atoms with E-state index in [1.807, 2.05) is 56.3 Å². The van der Waals surface area contributed by atoms with Gasteiger partial charge in [-0.05, 0) is 59.1 Å². The Bertz CT molecular complexity index is 688. The van der Waals surface area contributed by atoms with E-state index in [9.17, 15) is 4.79 Å². The third-order valence-electron chi connectivity index (χ3n) is 3.66. The second-order valence-electron chi connectivity index (χ2n) is 5.36. The lowest BCUT2D eigenvalue weighted by atomic mass is 10.1. The fourth-order valence-electron chi connectivity index (χ4n) is 2.22. The summed E-state index contributed by atoms with van der Waals surface area (Å²) < 4.78 is 6.12. The van der Waals surface area contributed by atoms with Gasteiger partial charge in [0.1, 0.15) is 5.75 Å². The number of nitrogens with one attached hydrogen (secondary N) is 2. The maximum Gasteiger partial charge on any atom is 0.238 e. The average Bonchev–Trinajstić information content (AvgIpc) is 2.54. The van der Waals surface area contributed by atoms with E-state index >= 15 is 0 Å². The summed E-state index contributed by atoms with van der Waals surface area (Å²) in [6, 6.07) is 13.7. The van der Waals surface area contributed by atoms with Crippen LogP contribution in [0, 0.1) is 6.92 Å². The van der Waals surface area contributed by atoms with Crippen molar-refractivity contribution in [2.24, 2.45) is 0 Å². The predicted molar refractivity (Wildman–Crippen MR) is 96.9 cm³/mol. The number of ether oxygens (including phenoxy) is 1. The second kappa shape index (κ2) is 8.13. The van der Waals surface area contributed by atoms with E-state index in [0.29, 0.717) is 0 Å². The number of aryl methyl sites for hydroxylation is 1. The highest BCUT2D eigenvalue weighted by molar-refractivity contribution is 9.10. The number of carbonyl (C=O) groups excluding carboxylic acids is 1. The molecule has 0 spiro atoms. The molecule has 0 saturated carbocycles. The lowest BCUT2D eigenvalue weighted by molar-refractivity contribution is -0.115. The Balaban J connectivity index is 1.91. The second-order valence-corrected chi connectivity index (χ2v) is 6.21. The zero-order chi connectivity index (χ0) is 16.8. The minimum Gasteiger partial charge on any atom is -0.496 e. The highest BCUT2D eigenvalue weighted by Crippen LogP contribution is 2.27. The van der Waals surface area contributed by atoms with Crippen molar-refractivity contribution in [2.45, 2.75) is 19.9 Å². The van der Waals surface area contributed by atoms with Crippen molar-refractivity contribution < 1.29 is 9.53 Å². The molecule has 0 unspecified atom stereocenters. The molecule has 1 amide bonds. The van der Waals surface area contributed by atoms with Crippen molar-refractivity contribution in [3.8, 4) is 5.75 Å². The van der Waals surface area contributed by atoms with Gasteiger partial charge in [0.2, 0.25) is 5.91 Å². The fraction of sp³-hybridized carbons (Fsp3) is 0.278. The van der Waals surface area contributed by atoms with Gasteiger partial charge in [0.15, 0.2) is 0 Å². The minimum atomic E-state index is -0.0567. The Morgan fingerprint density at radius 3 is 2.65 bits per heavy atom. The number of hydrogen-bond acceptors (Lipinski definition) is 3. The first-order chi connectivity index (χ1) is 11.0. The van der Waals surface area contributed by atoms with Crippen LogP contribution in [0.4, 0.5) is 5.69 Å². The first-order valence-electron chi connectivity index (χ1n) is 7.43. The summed E-state index contributed by atoms with van der Waals surface area (Å²) in [5, 5.41) is 6.15. The lowest BCUT2D eigenvalue weighted by Gasteiger charge is -2.16. The maximum atomic E-state index is 12.1. The molecule has 0 fully saturated rings. The smallest absolute Gasteiger partial charge is 0.238 e. The number of benzene rings is 2. The Labute approximate surface area is 145 Å². The molecule has 0 aliphatic heterocycles. The van der Waals surface area contributed by atoms with E-state index in [1.165, 1.54) is 0 Å². The summed E-state index contributed by atoms with van der Waals surface area (Å²) in [5.41, 5.74) is 2.98. The summed E-state index contributed by atoms with van der Waals surface area (Å²) in [5.74, 6) is 0.733. The van der Waals surface area contributed by atoms with E-state index in [4.69, 9.17) is 4.74 Å². The number of rotatable bonds is 6. The van der Waals surface area contributed by atoms with Crippen molar-refractivity contribution in [3.05, 3.63) is 58.1 Å². The van der Waals surface area contributed by atoms with Gasteiger partial charge in [-0.25, -0.2) is 0 Å². The van der Waals surface area contributed by atoms with E-state index in [0.717, 1.165) is 27.0 Å². The summed E-state index contributed by atoms with van der Waals surface area (Å²) in [4.78, 5) is 12.1. The van der Waals surface area contributed by atoms with Crippen molar-refractivity contribution in [2.75, 3.05) is 19.0 Å². The van der Waals surface area contributed by atoms with Gasteiger partial charge in [0.05, 0.1) is 18.1 Å². The summed E-state index contributed by atoms with van der Waals surface area (Å²) in [6.45, 7) is 4.25. The minimum absolute atomic E-state index is 0.0554. The van der Waals surface area contributed by atoms with Gasteiger partial charge < -0.3 is 15.4 Å². The number of amides is 1. The van der Waals surface area contributed by atoms with E-state index in [1.54, 1.807) is 7.11 Å². The Kier molecular flexibility index (Phi) is 6.19. The molecule has 0 bridgehead atoms. The van der Waals surface area contributed by atoms with Crippen LogP contribution in [0.15, 0.2) is 46.9 Å². The van der Waals surface area contributed by atoms with Crippen LogP contribution >= 0.6 is 15.9 Å². The van der Waals surface area contributed by atoms with Crippen LogP contribution in [0.3, 0.4) is 0 Å². The molecule has 0 aliphatic carbocycles. The number of para-hydroxylation sites is 1. The molecule has 0 radical (unpaired) electrons. The molecule has 2 N–H and O–H groups in total. The van der Waals surface area contributed by atoms with E-state index in [2.05, 4.69) is 26.6 Å². The number of anilines is 1. The SMILES string of the molecule is COc1ccc([C@H](C)NCC(=O)Nc2ccccc2C)cc1Br. The number of halogens is 1. The molecule has 122 valence electrons. The van der Waals surface area contributed by atoms with Crippen LogP contribution in [0.25, 0.3) is 0 Å². The van der Waals surface area contributed by atoms with E-state index < -0.39 is 0 Å². The van der Waals surface area contributed by atoms with Gasteiger partial charge in [-0.15, -0.1) is 0 Å². The topological polar surface area (TPSA) is 50.4 Å². The van der Waals surface area contributed by atoms with Crippen molar-refractivity contribution >= 4 is 27.5 Å². The van der Waals surface area contributed by atoms with Crippen LogP contribution in [0.2, 0.25) is 0 Å². The largest absolute Gasteiger partial charge is 0.496 e. The van der Waals surface area contributed by atoms with Crippen molar-refractivity contribution in [1.82, 2.24) is 5.32 Å². The van der Waals surface area contributed by atoms with Crippen LogP contribution in [-0.4, -0.2) is 19.6 Å². The number of hydrogen-bond donors (Lipinski definition) is 2. The first kappa shape index (κ1) is 17.5. The zero-order valence-electron chi connectivity index (χ0n) is 13.5. The molecule has 2 aromatic rings. The first-order valence-corrected chi connectivity index (χ1v) is 8.23. The Morgan fingerprint density at radius 2 is 2.00 bits per heavy atom. The highest BCUT2D eigenvalue weighted by atomic mass is 79.9. The molecule has 5 heteroatoms. The Hall–Kier alpha value is -1.85. The summed E-state index contributed by atoms with van der Waals surface area (Å²) in [7, 11) is 1.64. The molecule has 0 aliphatic rings. The van der Waals surface area contributed by atoms with Crippen molar-refractivity contribution in [3.63, 3.8) is 0 Å². The fourth-order valence-corrected chi connectivity index (χ4v) is 2.78. The maximum absolute atomic E-state index is 12.1. The van der Waals surface area contributed by atoms with Gasteiger partial charge in [-0.2, -0.15) is 0 Å².